The third-order valence-electron chi connectivity index (χ3n) is 3.46. The molecule has 0 heterocycles. The average molecular weight is 205 g/mol. The molecule has 1 unspecified atom stereocenters. The van der Waals surface area contributed by atoms with Gasteiger partial charge in [-0.3, -0.25) is 0 Å². The number of hydrogen-bond donors (Lipinski definition) is 1. The summed E-state index contributed by atoms with van der Waals surface area (Å²) in [7, 11) is 0. The van der Waals surface area contributed by atoms with Crippen LogP contribution in [0.1, 0.15) is 46.0 Å². The van der Waals surface area contributed by atoms with Crippen LogP contribution in [0.3, 0.4) is 0 Å². The van der Waals surface area contributed by atoms with Gasteiger partial charge in [0.2, 0.25) is 0 Å². The molecular formula is C11H21F2N. The molecule has 84 valence electrons. The predicted molar refractivity (Wildman–Crippen MR) is 54.7 cm³/mol. The number of nitrogens with one attached hydrogen (secondary N) is 1. The molecule has 1 nitrogen and oxygen atoms in total. The number of halogens is 2. The Morgan fingerprint density at radius 3 is 2.29 bits per heavy atom. The van der Waals surface area contributed by atoms with Gasteiger partial charge in [-0.25, -0.2) is 8.78 Å². The summed E-state index contributed by atoms with van der Waals surface area (Å²) in [5.74, 6) is 0.149. The van der Waals surface area contributed by atoms with Gasteiger partial charge < -0.3 is 5.32 Å². The Labute approximate surface area is 85.3 Å². The molecule has 1 aliphatic rings. The zero-order valence-corrected chi connectivity index (χ0v) is 9.15. The Hall–Kier alpha value is -0.180. The van der Waals surface area contributed by atoms with Gasteiger partial charge in [-0.1, -0.05) is 26.2 Å². The first-order valence-corrected chi connectivity index (χ1v) is 5.64. The topological polar surface area (TPSA) is 12.0 Å². The summed E-state index contributed by atoms with van der Waals surface area (Å²) < 4.78 is 26.0. The van der Waals surface area contributed by atoms with Crippen LogP contribution < -0.4 is 5.32 Å². The molecule has 1 rings (SSSR count). The third-order valence-corrected chi connectivity index (χ3v) is 3.46. The fourth-order valence-corrected chi connectivity index (χ4v) is 2.48. The van der Waals surface area contributed by atoms with Crippen molar-refractivity contribution in [3.8, 4) is 0 Å². The van der Waals surface area contributed by atoms with Crippen molar-refractivity contribution in [2.24, 2.45) is 5.92 Å². The summed E-state index contributed by atoms with van der Waals surface area (Å²) in [5, 5.41) is 2.98. The van der Waals surface area contributed by atoms with Crippen LogP contribution in [0.4, 0.5) is 8.78 Å². The lowest BCUT2D eigenvalue weighted by molar-refractivity contribution is -0.00617. The molecule has 14 heavy (non-hydrogen) atoms. The normalized spacial score (nSPS) is 23.8. The minimum absolute atomic E-state index is 0.149. The molecule has 1 aliphatic carbocycles. The minimum atomic E-state index is -2.26. The van der Waals surface area contributed by atoms with Crippen LogP contribution in [0.5, 0.6) is 0 Å². The molecule has 0 aromatic carbocycles. The second kappa shape index (κ2) is 5.06. The lowest BCUT2D eigenvalue weighted by Gasteiger charge is -2.40. The van der Waals surface area contributed by atoms with Crippen molar-refractivity contribution in [3.05, 3.63) is 0 Å². The second-order valence-corrected chi connectivity index (χ2v) is 4.45. The molecule has 1 atom stereocenters. The van der Waals surface area contributed by atoms with Crippen molar-refractivity contribution in [1.82, 2.24) is 5.32 Å². The van der Waals surface area contributed by atoms with Crippen molar-refractivity contribution >= 4 is 0 Å². The number of hydrogen-bond acceptors (Lipinski definition) is 1. The smallest absolute Gasteiger partial charge is 0.256 e. The highest BCUT2D eigenvalue weighted by molar-refractivity contribution is 4.93. The van der Waals surface area contributed by atoms with Crippen molar-refractivity contribution in [3.63, 3.8) is 0 Å². The molecule has 0 aromatic rings. The van der Waals surface area contributed by atoms with Gasteiger partial charge in [0.1, 0.15) is 0 Å². The van der Waals surface area contributed by atoms with Crippen molar-refractivity contribution in [2.45, 2.75) is 57.9 Å². The van der Waals surface area contributed by atoms with Crippen LogP contribution >= 0.6 is 0 Å². The zero-order valence-electron chi connectivity index (χ0n) is 9.15. The van der Waals surface area contributed by atoms with Crippen LogP contribution in [0.15, 0.2) is 0 Å². The van der Waals surface area contributed by atoms with E-state index in [2.05, 4.69) is 5.32 Å². The van der Waals surface area contributed by atoms with Gasteiger partial charge in [0, 0.05) is 0 Å². The minimum Gasteiger partial charge on any atom is -0.307 e. The summed E-state index contributed by atoms with van der Waals surface area (Å²) in [6, 6.07) is 0. The van der Waals surface area contributed by atoms with E-state index in [-0.39, 0.29) is 5.92 Å². The van der Waals surface area contributed by atoms with Gasteiger partial charge in [0.05, 0.1) is 5.54 Å². The Morgan fingerprint density at radius 2 is 1.86 bits per heavy atom. The molecule has 1 N–H and O–H groups in total. The second-order valence-electron chi connectivity index (χ2n) is 4.45. The quantitative estimate of drug-likeness (QED) is 0.743. The highest BCUT2D eigenvalue weighted by atomic mass is 19.3. The summed E-state index contributed by atoms with van der Waals surface area (Å²) in [6.07, 6.45) is 3.07. The standard InChI is InChI=1S/C11H21F2N/c1-3-14-11(2,10(12)13)9-7-5-4-6-8-9/h9-10,14H,3-8H2,1-2H3. The van der Waals surface area contributed by atoms with Gasteiger partial charge in [-0.05, 0) is 32.2 Å². The number of rotatable bonds is 4. The van der Waals surface area contributed by atoms with Crippen LogP contribution in [-0.2, 0) is 0 Å². The van der Waals surface area contributed by atoms with E-state index in [1.165, 1.54) is 6.42 Å². The van der Waals surface area contributed by atoms with Crippen LogP contribution in [0.25, 0.3) is 0 Å². The van der Waals surface area contributed by atoms with E-state index in [4.69, 9.17) is 0 Å². The maximum Gasteiger partial charge on any atom is 0.256 e. The maximum atomic E-state index is 13.0. The van der Waals surface area contributed by atoms with E-state index in [1.54, 1.807) is 6.92 Å². The summed E-state index contributed by atoms with van der Waals surface area (Å²) in [6.45, 7) is 4.19. The fraction of sp³-hybridized carbons (Fsp3) is 1.00. The summed E-state index contributed by atoms with van der Waals surface area (Å²) >= 11 is 0. The molecule has 0 spiro atoms. The Kier molecular flexibility index (Phi) is 4.30. The van der Waals surface area contributed by atoms with Crippen molar-refractivity contribution in [1.29, 1.82) is 0 Å². The first-order chi connectivity index (χ1) is 6.61. The fourth-order valence-electron chi connectivity index (χ4n) is 2.48. The molecule has 0 aliphatic heterocycles. The highest BCUT2D eigenvalue weighted by Crippen LogP contribution is 2.36. The molecule has 3 heteroatoms. The maximum absolute atomic E-state index is 13.0. The van der Waals surface area contributed by atoms with E-state index < -0.39 is 12.0 Å². The van der Waals surface area contributed by atoms with E-state index in [9.17, 15) is 8.78 Å². The lowest BCUT2D eigenvalue weighted by Crippen LogP contribution is -2.54. The molecule has 0 amide bonds. The van der Waals surface area contributed by atoms with E-state index in [0.717, 1.165) is 25.7 Å². The van der Waals surface area contributed by atoms with Gasteiger partial charge in [0.15, 0.2) is 0 Å². The van der Waals surface area contributed by atoms with Gasteiger partial charge in [0.25, 0.3) is 6.43 Å². The van der Waals surface area contributed by atoms with Gasteiger partial charge in [-0.15, -0.1) is 0 Å². The first-order valence-electron chi connectivity index (χ1n) is 5.64. The molecule has 1 saturated carbocycles. The molecule has 0 aromatic heterocycles. The van der Waals surface area contributed by atoms with E-state index >= 15 is 0 Å². The predicted octanol–water partition coefficient (Wildman–Crippen LogP) is 3.20. The summed E-state index contributed by atoms with van der Waals surface area (Å²) in [4.78, 5) is 0. The van der Waals surface area contributed by atoms with Crippen molar-refractivity contribution < 1.29 is 8.78 Å². The monoisotopic (exact) mass is 205 g/mol. The van der Waals surface area contributed by atoms with Crippen LogP contribution in [0, 0.1) is 5.92 Å². The molecule has 0 radical (unpaired) electrons. The average Bonchev–Trinajstić information content (AvgIpc) is 2.19. The van der Waals surface area contributed by atoms with E-state index in [0.29, 0.717) is 6.54 Å². The van der Waals surface area contributed by atoms with E-state index in [1.807, 2.05) is 6.92 Å². The molecular weight excluding hydrogens is 184 g/mol. The van der Waals surface area contributed by atoms with Gasteiger partial charge in [-0.2, -0.15) is 0 Å². The first kappa shape index (κ1) is 11.9. The SMILES string of the molecule is CCNC(C)(C(F)F)C1CCCCC1. The highest BCUT2D eigenvalue weighted by Gasteiger charge is 2.41. The summed E-state index contributed by atoms with van der Waals surface area (Å²) in [5.41, 5.74) is -0.963. The zero-order chi connectivity index (χ0) is 10.6. The van der Waals surface area contributed by atoms with Crippen LogP contribution in [-0.4, -0.2) is 18.5 Å². The lowest BCUT2D eigenvalue weighted by atomic mass is 9.75. The van der Waals surface area contributed by atoms with Crippen LogP contribution in [0.2, 0.25) is 0 Å². The Morgan fingerprint density at radius 1 is 1.29 bits per heavy atom. The molecule has 0 bridgehead atoms. The third kappa shape index (κ3) is 2.44. The molecule has 0 saturated heterocycles. The largest absolute Gasteiger partial charge is 0.307 e. The molecule has 1 fully saturated rings. The number of alkyl halides is 2. The van der Waals surface area contributed by atoms with Gasteiger partial charge >= 0.3 is 0 Å². The Bertz CT molecular complexity index is 167. The Balaban J connectivity index is 2.64. The van der Waals surface area contributed by atoms with Crippen molar-refractivity contribution in [2.75, 3.05) is 6.54 Å².